The Bertz CT molecular complexity index is 984. The van der Waals surface area contributed by atoms with E-state index in [4.69, 9.17) is 0 Å². The number of rotatable bonds is 17. The van der Waals surface area contributed by atoms with Crippen molar-refractivity contribution in [1.29, 1.82) is 0 Å². The molecule has 0 saturated heterocycles. The van der Waals surface area contributed by atoms with Crippen molar-refractivity contribution in [3.8, 4) is 11.1 Å². The predicted octanol–water partition coefficient (Wildman–Crippen LogP) is 8.36. The molecule has 0 fully saturated rings. The fourth-order valence-electron chi connectivity index (χ4n) is 5.28. The minimum absolute atomic E-state index is 0.0220. The number of ketones is 1. The van der Waals surface area contributed by atoms with Crippen molar-refractivity contribution in [2.45, 2.75) is 103 Å². The SMILES string of the molecule is CCCCCCCCCCCCCCCC(=O)c1ccc2c(c1)C(CO)c1cc([N+](=O)[O-])ccc1-2. The number of unbranched alkanes of at least 4 members (excludes halogenated alkanes) is 12. The average molecular weight is 480 g/mol. The Balaban J connectivity index is 1.39. The van der Waals surface area contributed by atoms with Gasteiger partial charge in [-0.25, -0.2) is 0 Å². The van der Waals surface area contributed by atoms with Gasteiger partial charge in [-0.3, -0.25) is 14.9 Å². The van der Waals surface area contributed by atoms with Crippen LogP contribution in [0.15, 0.2) is 36.4 Å². The molecule has 0 bridgehead atoms. The average Bonchev–Trinajstić information content (AvgIpc) is 3.18. The first-order valence-electron chi connectivity index (χ1n) is 13.6. The summed E-state index contributed by atoms with van der Waals surface area (Å²) < 4.78 is 0. The molecule has 5 heteroatoms. The normalized spacial score (nSPS) is 14.1. The van der Waals surface area contributed by atoms with Crippen LogP contribution in [-0.2, 0) is 0 Å². The third kappa shape index (κ3) is 7.47. The molecule has 0 aliphatic heterocycles. The number of nitro benzene ring substituents is 1. The summed E-state index contributed by atoms with van der Waals surface area (Å²) >= 11 is 0. The van der Waals surface area contributed by atoms with Gasteiger partial charge in [0.1, 0.15) is 0 Å². The molecule has 1 unspecified atom stereocenters. The third-order valence-corrected chi connectivity index (χ3v) is 7.35. The lowest BCUT2D eigenvalue weighted by molar-refractivity contribution is -0.384. The maximum absolute atomic E-state index is 12.8. The zero-order valence-corrected chi connectivity index (χ0v) is 21.3. The number of carbonyl (C=O) groups is 1. The van der Waals surface area contributed by atoms with E-state index in [1.807, 2.05) is 18.2 Å². The van der Waals surface area contributed by atoms with Crippen molar-refractivity contribution < 1.29 is 14.8 Å². The largest absolute Gasteiger partial charge is 0.395 e. The summed E-state index contributed by atoms with van der Waals surface area (Å²) in [4.78, 5) is 23.6. The van der Waals surface area contributed by atoms with E-state index < -0.39 is 4.92 Å². The number of nitro groups is 1. The van der Waals surface area contributed by atoms with E-state index in [2.05, 4.69) is 6.92 Å². The summed E-state index contributed by atoms with van der Waals surface area (Å²) in [6.07, 6.45) is 17.2. The fourth-order valence-corrected chi connectivity index (χ4v) is 5.28. The van der Waals surface area contributed by atoms with Crippen molar-refractivity contribution in [2.24, 2.45) is 0 Å². The van der Waals surface area contributed by atoms with Gasteiger partial charge in [-0.1, -0.05) is 96.1 Å². The van der Waals surface area contributed by atoms with Gasteiger partial charge >= 0.3 is 0 Å². The van der Waals surface area contributed by atoms with E-state index in [0.29, 0.717) is 12.0 Å². The van der Waals surface area contributed by atoms with Crippen molar-refractivity contribution in [2.75, 3.05) is 6.61 Å². The van der Waals surface area contributed by atoms with Gasteiger partial charge in [0.2, 0.25) is 0 Å². The summed E-state index contributed by atoms with van der Waals surface area (Å²) in [6.45, 7) is 2.12. The maximum Gasteiger partial charge on any atom is 0.269 e. The van der Waals surface area contributed by atoms with Gasteiger partial charge in [-0.15, -0.1) is 0 Å². The van der Waals surface area contributed by atoms with Crippen LogP contribution in [0.5, 0.6) is 0 Å². The molecule has 1 atom stereocenters. The highest BCUT2D eigenvalue weighted by Crippen LogP contribution is 2.46. The van der Waals surface area contributed by atoms with Gasteiger partial charge in [0.05, 0.1) is 11.5 Å². The van der Waals surface area contributed by atoms with E-state index in [0.717, 1.165) is 35.1 Å². The van der Waals surface area contributed by atoms with Crippen molar-refractivity contribution in [1.82, 2.24) is 0 Å². The molecule has 190 valence electrons. The van der Waals surface area contributed by atoms with E-state index in [1.165, 1.54) is 76.7 Å². The first kappa shape index (κ1) is 27.1. The highest BCUT2D eigenvalue weighted by Gasteiger charge is 2.30. The van der Waals surface area contributed by atoms with Crippen LogP contribution in [0, 0.1) is 10.1 Å². The summed E-state index contributed by atoms with van der Waals surface area (Å²) in [5, 5.41) is 21.2. The maximum atomic E-state index is 12.8. The Hall–Kier alpha value is -2.53. The number of aliphatic hydroxyl groups is 1. The molecule has 35 heavy (non-hydrogen) atoms. The number of fused-ring (bicyclic) bond motifs is 3. The lowest BCUT2D eigenvalue weighted by atomic mass is 9.94. The topological polar surface area (TPSA) is 80.4 Å². The Morgan fingerprint density at radius 3 is 1.86 bits per heavy atom. The molecule has 0 radical (unpaired) electrons. The summed E-state index contributed by atoms with van der Waals surface area (Å²) in [7, 11) is 0. The Morgan fingerprint density at radius 1 is 0.800 bits per heavy atom. The Labute approximate surface area is 210 Å². The first-order valence-corrected chi connectivity index (χ1v) is 13.6. The number of hydrogen-bond acceptors (Lipinski definition) is 4. The molecular formula is C30H41NO4. The monoisotopic (exact) mass is 479 g/mol. The van der Waals surface area contributed by atoms with Crippen LogP contribution in [-0.4, -0.2) is 22.4 Å². The quantitative estimate of drug-likeness (QED) is 0.107. The highest BCUT2D eigenvalue weighted by atomic mass is 16.6. The van der Waals surface area contributed by atoms with Gasteiger partial charge in [0.15, 0.2) is 5.78 Å². The van der Waals surface area contributed by atoms with Crippen LogP contribution in [0.1, 0.15) is 124 Å². The highest BCUT2D eigenvalue weighted by molar-refractivity contribution is 5.97. The second kappa shape index (κ2) is 14.1. The number of hydrogen-bond donors (Lipinski definition) is 1. The molecule has 2 aromatic carbocycles. The van der Waals surface area contributed by atoms with Crippen LogP contribution in [0.2, 0.25) is 0 Å². The molecule has 0 saturated carbocycles. The molecular weight excluding hydrogens is 438 g/mol. The minimum Gasteiger partial charge on any atom is -0.395 e. The van der Waals surface area contributed by atoms with E-state index in [-0.39, 0.29) is 24.0 Å². The Kier molecular flexibility index (Phi) is 10.9. The first-order chi connectivity index (χ1) is 17.1. The molecule has 0 heterocycles. The number of benzene rings is 2. The number of aliphatic hydroxyl groups excluding tert-OH is 1. The molecule has 0 amide bonds. The summed E-state index contributed by atoms with van der Waals surface area (Å²) in [5.74, 6) is -0.196. The smallest absolute Gasteiger partial charge is 0.269 e. The second-order valence-electron chi connectivity index (χ2n) is 9.98. The zero-order valence-electron chi connectivity index (χ0n) is 21.3. The molecule has 2 aromatic rings. The molecule has 0 aromatic heterocycles. The zero-order chi connectivity index (χ0) is 25.0. The van der Waals surface area contributed by atoms with Crippen molar-refractivity contribution >= 4 is 11.5 Å². The van der Waals surface area contributed by atoms with Crippen molar-refractivity contribution in [3.63, 3.8) is 0 Å². The number of Topliss-reactive ketones (excluding diaryl/α,β-unsaturated/α-hetero) is 1. The van der Waals surface area contributed by atoms with Crippen LogP contribution in [0.25, 0.3) is 11.1 Å². The standard InChI is InChI=1S/C30H41NO4/c1-2-3-4-5-6-7-8-9-10-11-12-13-14-15-30(33)23-16-18-25-26-19-17-24(31(34)35)21-28(26)29(22-32)27(25)20-23/h16-21,29,32H,2-15,22H2,1H3. The van der Waals surface area contributed by atoms with Gasteiger partial charge < -0.3 is 5.11 Å². The lowest BCUT2D eigenvalue weighted by Crippen LogP contribution is -2.05. The molecule has 5 nitrogen and oxygen atoms in total. The molecule has 0 spiro atoms. The molecule has 3 rings (SSSR count). The summed E-state index contributed by atoms with van der Waals surface area (Å²) in [6, 6.07) is 10.5. The summed E-state index contributed by atoms with van der Waals surface area (Å²) in [5.41, 5.74) is 4.20. The van der Waals surface area contributed by atoms with Crippen LogP contribution in [0.3, 0.4) is 0 Å². The number of non-ortho nitro benzene ring substituents is 1. The second-order valence-corrected chi connectivity index (χ2v) is 9.98. The molecule has 1 aliphatic rings. The van der Waals surface area contributed by atoms with E-state index in [1.54, 1.807) is 12.1 Å². The predicted molar refractivity (Wildman–Crippen MR) is 142 cm³/mol. The van der Waals surface area contributed by atoms with E-state index >= 15 is 0 Å². The van der Waals surface area contributed by atoms with Crippen LogP contribution < -0.4 is 0 Å². The fraction of sp³-hybridized carbons (Fsp3) is 0.567. The van der Waals surface area contributed by atoms with E-state index in [9.17, 15) is 20.0 Å². The number of carbonyl (C=O) groups excluding carboxylic acids is 1. The molecule has 1 aliphatic carbocycles. The minimum atomic E-state index is -0.414. The van der Waals surface area contributed by atoms with Crippen LogP contribution >= 0.6 is 0 Å². The molecule has 1 N–H and O–H groups in total. The number of nitrogens with zero attached hydrogens (tertiary/aromatic N) is 1. The van der Waals surface area contributed by atoms with Gasteiger partial charge in [0, 0.05) is 30.0 Å². The lowest BCUT2D eigenvalue weighted by Gasteiger charge is -2.11. The van der Waals surface area contributed by atoms with Gasteiger partial charge in [0.25, 0.3) is 5.69 Å². The van der Waals surface area contributed by atoms with Gasteiger partial charge in [-0.2, -0.15) is 0 Å². The third-order valence-electron chi connectivity index (χ3n) is 7.35. The van der Waals surface area contributed by atoms with Gasteiger partial charge in [-0.05, 0) is 40.8 Å². The van der Waals surface area contributed by atoms with Crippen LogP contribution in [0.4, 0.5) is 5.69 Å². The Morgan fingerprint density at radius 2 is 1.31 bits per heavy atom. The van der Waals surface area contributed by atoms with Crippen molar-refractivity contribution in [3.05, 3.63) is 63.2 Å².